The lowest BCUT2D eigenvalue weighted by Crippen LogP contribution is -2.24. The summed E-state index contributed by atoms with van der Waals surface area (Å²) in [6, 6.07) is 14.2. The van der Waals surface area contributed by atoms with Crippen LogP contribution in [-0.4, -0.2) is 6.54 Å². The molecule has 0 radical (unpaired) electrons. The van der Waals surface area contributed by atoms with Gasteiger partial charge in [0, 0.05) is 10.0 Å². The lowest BCUT2D eigenvalue weighted by molar-refractivity contribution is 0.596. The first-order chi connectivity index (χ1) is 9.61. The van der Waals surface area contributed by atoms with Gasteiger partial charge in [0.05, 0.1) is 6.04 Å². The number of hydrogen-bond acceptors (Lipinski definition) is 1. The number of rotatable bonds is 5. The molecule has 0 heterocycles. The van der Waals surface area contributed by atoms with Crippen LogP contribution in [0.2, 0.25) is 10.0 Å². The monoisotopic (exact) mass is 307 g/mol. The van der Waals surface area contributed by atoms with E-state index < -0.39 is 0 Å². The zero-order valence-electron chi connectivity index (χ0n) is 11.8. The Kier molecular flexibility index (Phi) is 5.47. The molecule has 0 saturated carbocycles. The average Bonchev–Trinajstić information content (AvgIpc) is 2.40. The van der Waals surface area contributed by atoms with E-state index in [1.807, 2.05) is 12.1 Å². The lowest BCUT2D eigenvalue weighted by Gasteiger charge is -2.22. The Labute approximate surface area is 130 Å². The summed E-state index contributed by atoms with van der Waals surface area (Å²) in [4.78, 5) is 0. The Morgan fingerprint density at radius 3 is 2.30 bits per heavy atom. The van der Waals surface area contributed by atoms with Crippen molar-refractivity contribution in [2.75, 3.05) is 6.54 Å². The van der Waals surface area contributed by atoms with Gasteiger partial charge in [-0.1, -0.05) is 54.4 Å². The van der Waals surface area contributed by atoms with Crippen molar-refractivity contribution in [1.29, 1.82) is 0 Å². The first-order valence-electron chi connectivity index (χ1n) is 6.86. The van der Waals surface area contributed by atoms with E-state index in [1.165, 1.54) is 11.1 Å². The fourth-order valence-electron chi connectivity index (χ4n) is 2.35. The van der Waals surface area contributed by atoms with Crippen molar-refractivity contribution in [1.82, 2.24) is 5.32 Å². The predicted octanol–water partition coefficient (Wildman–Crippen LogP) is 5.39. The summed E-state index contributed by atoms with van der Waals surface area (Å²) in [5.41, 5.74) is 3.63. The third kappa shape index (κ3) is 3.76. The Morgan fingerprint density at radius 2 is 1.70 bits per heavy atom. The van der Waals surface area contributed by atoms with Crippen molar-refractivity contribution in [3.05, 3.63) is 69.2 Å². The van der Waals surface area contributed by atoms with Crippen molar-refractivity contribution in [3.63, 3.8) is 0 Å². The van der Waals surface area contributed by atoms with Gasteiger partial charge in [-0.3, -0.25) is 0 Å². The van der Waals surface area contributed by atoms with Crippen LogP contribution in [0.15, 0.2) is 42.5 Å². The molecule has 0 amide bonds. The highest BCUT2D eigenvalue weighted by Crippen LogP contribution is 2.29. The summed E-state index contributed by atoms with van der Waals surface area (Å²) in [7, 11) is 0. The van der Waals surface area contributed by atoms with Gasteiger partial charge in [-0.15, -0.1) is 0 Å². The van der Waals surface area contributed by atoms with Crippen LogP contribution in [0.3, 0.4) is 0 Å². The summed E-state index contributed by atoms with van der Waals surface area (Å²) in [6.07, 6.45) is 1.08. The molecule has 2 aromatic rings. The molecule has 0 aliphatic carbocycles. The molecule has 0 aliphatic heterocycles. The number of hydrogen-bond donors (Lipinski definition) is 1. The smallest absolute Gasteiger partial charge is 0.0580 e. The van der Waals surface area contributed by atoms with Gasteiger partial charge in [0.1, 0.15) is 0 Å². The van der Waals surface area contributed by atoms with E-state index in [0.717, 1.165) is 18.5 Å². The summed E-state index contributed by atoms with van der Waals surface area (Å²) >= 11 is 12.3. The van der Waals surface area contributed by atoms with Crippen LogP contribution in [0, 0.1) is 6.92 Å². The van der Waals surface area contributed by atoms with Crippen LogP contribution in [-0.2, 0) is 0 Å². The molecular formula is C17H19Cl2N. The number of aryl methyl sites for hydroxylation is 1. The van der Waals surface area contributed by atoms with E-state index in [4.69, 9.17) is 23.2 Å². The Hall–Kier alpha value is -1.02. The average molecular weight is 308 g/mol. The Bertz CT molecular complexity index is 561. The summed E-state index contributed by atoms with van der Waals surface area (Å²) in [6.45, 7) is 5.23. The third-order valence-electron chi connectivity index (χ3n) is 3.32. The highest BCUT2D eigenvalue weighted by Gasteiger charge is 2.16. The first-order valence-corrected chi connectivity index (χ1v) is 7.62. The summed E-state index contributed by atoms with van der Waals surface area (Å²) < 4.78 is 0. The molecular weight excluding hydrogens is 289 g/mol. The molecule has 0 aromatic heterocycles. The van der Waals surface area contributed by atoms with Crippen LogP contribution in [0.4, 0.5) is 0 Å². The SMILES string of the molecule is CCCNC(c1cc(Cl)cc(Cl)c1)c1ccccc1C. The van der Waals surface area contributed by atoms with Crippen molar-refractivity contribution in [2.45, 2.75) is 26.3 Å². The van der Waals surface area contributed by atoms with E-state index in [9.17, 15) is 0 Å². The van der Waals surface area contributed by atoms with Gasteiger partial charge in [-0.2, -0.15) is 0 Å². The molecule has 0 saturated heterocycles. The van der Waals surface area contributed by atoms with Gasteiger partial charge in [-0.05, 0) is 54.8 Å². The molecule has 106 valence electrons. The number of halogens is 2. The maximum Gasteiger partial charge on any atom is 0.0580 e. The summed E-state index contributed by atoms with van der Waals surface area (Å²) in [5, 5.41) is 4.92. The zero-order chi connectivity index (χ0) is 14.5. The molecule has 0 spiro atoms. The summed E-state index contributed by atoms with van der Waals surface area (Å²) in [5.74, 6) is 0. The predicted molar refractivity (Wildman–Crippen MR) is 87.8 cm³/mol. The quantitative estimate of drug-likeness (QED) is 0.780. The molecule has 1 atom stereocenters. The highest BCUT2D eigenvalue weighted by molar-refractivity contribution is 6.34. The van der Waals surface area contributed by atoms with Crippen molar-refractivity contribution >= 4 is 23.2 Å². The topological polar surface area (TPSA) is 12.0 Å². The number of benzene rings is 2. The van der Waals surface area contributed by atoms with Crippen LogP contribution >= 0.6 is 23.2 Å². The van der Waals surface area contributed by atoms with Crippen molar-refractivity contribution in [3.8, 4) is 0 Å². The van der Waals surface area contributed by atoms with E-state index in [2.05, 4.69) is 43.4 Å². The maximum absolute atomic E-state index is 6.14. The van der Waals surface area contributed by atoms with Crippen LogP contribution in [0.25, 0.3) is 0 Å². The molecule has 3 heteroatoms. The third-order valence-corrected chi connectivity index (χ3v) is 3.75. The molecule has 2 rings (SSSR count). The molecule has 1 unspecified atom stereocenters. The second-order valence-corrected chi connectivity index (χ2v) is 5.82. The van der Waals surface area contributed by atoms with Gasteiger partial charge in [0.15, 0.2) is 0 Å². The normalized spacial score (nSPS) is 12.4. The first kappa shape index (κ1) is 15.4. The van der Waals surface area contributed by atoms with Crippen LogP contribution < -0.4 is 5.32 Å². The lowest BCUT2D eigenvalue weighted by atomic mass is 9.95. The van der Waals surface area contributed by atoms with Gasteiger partial charge < -0.3 is 5.32 Å². The number of nitrogens with one attached hydrogen (secondary N) is 1. The molecule has 1 N–H and O–H groups in total. The molecule has 0 aliphatic rings. The maximum atomic E-state index is 6.14. The fraction of sp³-hybridized carbons (Fsp3) is 0.294. The molecule has 2 aromatic carbocycles. The van der Waals surface area contributed by atoms with Crippen LogP contribution in [0.5, 0.6) is 0 Å². The zero-order valence-corrected chi connectivity index (χ0v) is 13.3. The van der Waals surface area contributed by atoms with E-state index in [0.29, 0.717) is 10.0 Å². The van der Waals surface area contributed by atoms with Gasteiger partial charge >= 0.3 is 0 Å². The fourth-order valence-corrected chi connectivity index (χ4v) is 2.89. The molecule has 0 bridgehead atoms. The van der Waals surface area contributed by atoms with Crippen molar-refractivity contribution < 1.29 is 0 Å². The second kappa shape index (κ2) is 7.12. The second-order valence-electron chi connectivity index (χ2n) is 4.95. The van der Waals surface area contributed by atoms with E-state index in [-0.39, 0.29) is 6.04 Å². The standard InChI is InChI=1S/C17H19Cl2N/c1-3-8-20-17(16-7-5-4-6-12(16)2)13-9-14(18)11-15(19)10-13/h4-7,9-11,17,20H,3,8H2,1-2H3. The highest BCUT2D eigenvalue weighted by atomic mass is 35.5. The van der Waals surface area contributed by atoms with E-state index >= 15 is 0 Å². The largest absolute Gasteiger partial charge is 0.306 e. The van der Waals surface area contributed by atoms with Crippen LogP contribution in [0.1, 0.15) is 36.1 Å². The molecule has 1 nitrogen and oxygen atoms in total. The molecule has 20 heavy (non-hydrogen) atoms. The van der Waals surface area contributed by atoms with Gasteiger partial charge in [0.2, 0.25) is 0 Å². The van der Waals surface area contributed by atoms with Crippen molar-refractivity contribution in [2.24, 2.45) is 0 Å². The van der Waals surface area contributed by atoms with E-state index in [1.54, 1.807) is 6.07 Å². The minimum Gasteiger partial charge on any atom is -0.306 e. The molecule has 0 fully saturated rings. The Morgan fingerprint density at radius 1 is 1.05 bits per heavy atom. The van der Waals surface area contributed by atoms with Gasteiger partial charge in [0.25, 0.3) is 0 Å². The Balaban J connectivity index is 2.44. The minimum atomic E-state index is 0.118. The van der Waals surface area contributed by atoms with Gasteiger partial charge in [-0.25, -0.2) is 0 Å². The minimum absolute atomic E-state index is 0.118.